The molecule has 0 heterocycles. The summed E-state index contributed by atoms with van der Waals surface area (Å²) in [6.07, 6.45) is 2.49. The van der Waals surface area contributed by atoms with Gasteiger partial charge < -0.3 is 15.4 Å². The van der Waals surface area contributed by atoms with E-state index in [1.165, 1.54) is 6.07 Å². The van der Waals surface area contributed by atoms with Crippen LogP contribution >= 0.6 is 15.9 Å². The highest BCUT2D eigenvalue weighted by molar-refractivity contribution is 9.10. The molecular formula is C16H25BrFN3O. The highest BCUT2D eigenvalue weighted by Crippen LogP contribution is 2.16. The van der Waals surface area contributed by atoms with Gasteiger partial charge >= 0.3 is 0 Å². The lowest BCUT2D eigenvalue weighted by Gasteiger charge is -2.12. The largest absolute Gasteiger partial charge is 0.382 e. The summed E-state index contributed by atoms with van der Waals surface area (Å²) in [6.45, 7) is 5.06. The second-order valence-electron chi connectivity index (χ2n) is 4.82. The summed E-state index contributed by atoms with van der Waals surface area (Å²) >= 11 is 3.26. The summed E-state index contributed by atoms with van der Waals surface area (Å²) in [5.74, 6) is 0.612. The maximum Gasteiger partial charge on any atom is 0.190 e. The van der Waals surface area contributed by atoms with Crippen LogP contribution in [0.4, 0.5) is 4.39 Å². The SMILES string of the molecule is CCOCCCNC(=NC)NCCCc1ccc(Br)cc1F. The number of guanidine groups is 1. The maximum atomic E-state index is 13.7. The van der Waals surface area contributed by atoms with Gasteiger partial charge in [0, 0.05) is 37.8 Å². The van der Waals surface area contributed by atoms with E-state index in [4.69, 9.17) is 4.74 Å². The van der Waals surface area contributed by atoms with Crippen LogP contribution in [0.5, 0.6) is 0 Å². The highest BCUT2D eigenvalue weighted by Gasteiger charge is 2.03. The molecule has 0 aliphatic rings. The Morgan fingerprint density at radius 2 is 2.00 bits per heavy atom. The van der Waals surface area contributed by atoms with E-state index >= 15 is 0 Å². The molecule has 1 aromatic rings. The molecule has 0 saturated heterocycles. The molecule has 0 aliphatic heterocycles. The van der Waals surface area contributed by atoms with Gasteiger partial charge in [0.15, 0.2) is 5.96 Å². The number of nitrogens with one attached hydrogen (secondary N) is 2. The Hall–Kier alpha value is -1.14. The summed E-state index contributed by atoms with van der Waals surface area (Å²) in [7, 11) is 1.74. The molecular weight excluding hydrogens is 349 g/mol. The summed E-state index contributed by atoms with van der Waals surface area (Å²) in [6, 6.07) is 5.19. The van der Waals surface area contributed by atoms with Gasteiger partial charge in [0.25, 0.3) is 0 Å². The summed E-state index contributed by atoms with van der Waals surface area (Å²) < 4.78 is 19.7. The van der Waals surface area contributed by atoms with Crippen molar-refractivity contribution in [3.63, 3.8) is 0 Å². The molecule has 0 aliphatic carbocycles. The Bertz CT molecular complexity index is 469. The van der Waals surface area contributed by atoms with Gasteiger partial charge in [0.05, 0.1) is 0 Å². The van der Waals surface area contributed by atoms with Crippen LogP contribution in [0.3, 0.4) is 0 Å². The first-order chi connectivity index (χ1) is 10.7. The van der Waals surface area contributed by atoms with Crippen molar-refractivity contribution in [2.24, 2.45) is 4.99 Å². The van der Waals surface area contributed by atoms with Crippen LogP contribution in [0.1, 0.15) is 25.3 Å². The van der Waals surface area contributed by atoms with Crippen LogP contribution in [0.15, 0.2) is 27.7 Å². The molecule has 1 aromatic carbocycles. The number of nitrogens with zero attached hydrogens (tertiary/aromatic N) is 1. The lowest BCUT2D eigenvalue weighted by molar-refractivity contribution is 0.145. The fraction of sp³-hybridized carbons (Fsp3) is 0.562. The van der Waals surface area contributed by atoms with Crippen LogP contribution in [0, 0.1) is 5.82 Å². The van der Waals surface area contributed by atoms with E-state index in [1.54, 1.807) is 7.05 Å². The van der Waals surface area contributed by atoms with Crippen molar-refractivity contribution in [3.05, 3.63) is 34.1 Å². The Balaban J connectivity index is 2.19. The molecule has 0 saturated carbocycles. The van der Waals surface area contributed by atoms with E-state index in [2.05, 4.69) is 31.6 Å². The average molecular weight is 374 g/mol. The fourth-order valence-electron chi connectivity index (χ4n) is 1.96. The van der Waals surface area contributed by atoms with Crippen LogP contribution in [0.2, 0.25) is 0 Å². The second-order valence-corrected chi connectivity index (χ2v) is 5.73. The third-order valence-corrected chi connectivity index (χ3v) is 3.61. The molecule has 22 heavy (non-hydrogen) atoms. The number of aliphatic imine (C=N–C) groups is 1. The number of hydrogen-bond acceptors (Lipinski definition) is 2. The third-order valence-electron chi connectivity index (χ3n) is 3.12. The highest BCUT2D eigenvalue weighted by atomic mass is 79.9. The van der Waals surface area contributed by atoms with E-state index in [1.807, 2.05) is 19.1 Å². The number of rotatable bonds is 9. The van der Waals surface area contributed by atoms with Crippen LogP contribution < -0.4 is 10.6 Å². The van der Waals surface area contributed by atoms with Crippen molar-refractivity contribution >= 4 is 21.9 Å². The summed E-state index contributed by atoms with van der Waals surface area (Å²) in [4.78, 5) is 4.15. The molecule has 4 nitrogen and oxygen atoms in total. The Morgan fingerprint density at radius 1 is 1.27 bits per heavy atom. The normalized spacial score (nSPS) is 11.5. The first-order valence-electron chi connectivity index (χ1n) is 7.63. The van der Waals surface area contributed by atoms with Crippen molar-refractivity contribution in [1.82, 2.24) is 10.6 Å². The van der Waals surface area contributed by atoms with Crippen molar-refractivity contribution in [2.45, 2.75) is 26.2 Å². The van der Waals surface area contributed by atoms with Gasteiger partial charge in [-0.2, -0.15) is 0 Å². The number of ether oxygens (including phenoxy) is 1. The first-order valence-corrected chi connectivity index (χ1v) is 8.42. The van der Waals surface area contributed by atoms with Gasteiger partial charge in [-0.1, -0.05) is 22.0 Å². The number of benzene rings is 1. The van der Waals surface area contributed by atoms with E-state index in [9.17, 15) is 4.39 Å². The van der Waals surface area contributed by atoms with Crippen molar-refractivity contribution in [1.29, 1.82) is 0 Å². The predicted molar refractivity (Wildman–Crippen MR) is 92.9 cm³/mol. The quantitative estimate of drug-likeness (QED) is 0.397. The second kappa shape index (κ2) is 11.4. The Labute approximate surface area is 140 Å². The molecule has 124 valence electrons. The van der Waals surface area contributed by atoms with Crippen LogP contribution in [-0.4, -0.2) is 39.3 Å². The van der Waals surface area contributed by atoms with E-state index in [0.29, 0.717) is 6.42 Å². The third kappa shape index (κ3) is 7.75. The predicted octanol–water partition coefficient (Wildman–Crippen LogP) is 3.11. The zero-order valence-electron chi connectivity index (χ0n) is 13.3. The average Bonchev–Trinajstić information content (AvgIpc) is 2.51. The van der Waals surface area contributed by atoms with E-state index in [0.717, 1.165) is 55.1 Å². The van der Waals surface area contributed by atoms with E-state index in [-0.39, 0.29) is 5.82 Å². The molecule has 6 heteroatoms. The van der Waals surface area contributed by atoms with E-state index < -0.39 is 0 Å². The monoisotopic (exact) mass is 373 g/mol. The summed E-state index contributed by atoms with van der Waals surface area (Å²) in [5.41, 5.74) is 0.740. The van der Waals surface area contributed by atoms with Gasteiger partial charge in [-0.25, -0.2) is 4.39 Å². The molecule has 0 unspecified atom stereocenters. The maximum absolute atomic E-state index is 13.7. The minimum Gasteiger partial charge on any atom is -0.382 e. The standard InChI is InChI=1S/C16H25BrFN3O/c1-3-22-11-5-10-21-16(19-2)20-9-4-6-13-7-8-14(17)12-15(13)18/h7-8,12H,3-6,9-11H2,1-2H3,(H2,19,20,21). The number of halogens is 2. The zero-order valence-corrected chi connectivity index (χ0v) is 14.9. The minimum absolute atomic E-state index is 0.159. The number of aryl methyl sites for hydroxylation is 1. The van der Waals surface area contributed by atoms with Crippen LogP contribution in [-0.2, 0) is 11.2 Å². The molecule has 0 fully saturated rings. The topological polar surface area (TPSA) is 45.6 Å². The van der Waals surface area contributed by atoms with Crippen molar-refractivity contribution in [3.8, 4) is 0 Å². The van der Waals surface area contributed by atoms with Crippen molar-refractivity contribution in [2.75, 3.05) is 33.4 Å². The van der Waals surface area contributed by atoms with Gasteiger partial charge in [0.1, 0.15) is 5.82 Å². The summed E-state index contributed by atoms with van der Waals surface area (Å²) in [5, 5.41) is 6.45. The van der Waals surface area contributed by atoms with Gasteiger partial charge in [-0.15, -0.1) is 0 Å². The number of hydrogen-bond donors (Lipinski definition) is 2. The molecule has 1 rings (SSSR count). The van der Waals surface area contributed by atoms with Gasteiger partial charge in [-0.3, -0.25) is 4.99 Å². The lowest BCUT2D eigenvalue weighted by atomic mass is 10.1. The molecule has 0 bridgehead atoms. The van der Waals surface area contributed by atoms with Crippen molar-refractivity contribution < 1.29 is 9.13 Å². The molecule has 0 aromatic heterocycles. The molecule has 2 N–H and O–H groups in total. The smallest absolute Gasteiger partial charge is 0.190 e. The molecule has 0 spiro atoms. The lowest BCUT2D eigenvalue weighted by Crippen LogP contribution is -2.38. The fourth-order valence-corrected chi connectivity index (χ4v) is 2.29. The minimum atomic E-state index is -0.159. The van der Waals surface area contributed by atoms with Crippen LogP contribution in [0.25, 0.3) is 0 Å². The molecule has 0 amide bonds. The Kier molecular flexibility index (Phi) is 9.82. The molecule has 0 radical (unpaired) electrons. The van der Waals surface area contributed by atoms with Gasteiger partial charge in [-0.05, 0) is 43.9 Å². The first kappa shape index (κ1) is 18.9. The molecule has 0 atom stereocenters. The zero-order chi connectivity index (χ0) is 16.2. The van der Waals surface area contributed by atoms with Gasteiger partial charge in [0.2, 0.25) is 0 Å². The Morgan fingerprint density at radius 3 is 2.64 bits per heavy atom.